The summed E-state index contributed by atoms with van der Waals surface area (Å²) in [5.41, 5.74) is 9.26. The van der Waals surface area contributed by atoms with Crippen molar-refractivity contribution in [1.29, 1.82) is 0 Å². The van der Waals surface area contributed by atoms with E-state index in [9.17, 15) is 0 Å². The molecule has 1 aliphatic heterocycles. The highest BCUT2D eigenvalue weighted by Gasteiger charge is 2.26. The number of benzene rings is 4. The standard InChI is InChI=1S/C36H28N6O/c1-2-3-16-37-25-14-12-23(13-15-25)24-19-27-33-34(39-18-17-38-33)28-20-26(22-41-36(28)35(27)40-21-24)42-29-8-4-6-10-31(29)43-32-11-7-5-9-30(32)42/h4-15,17-22,37H,2-3,16H2,1H3. The van der Waals surface area contributed by atoms with Crippen molar-refractivity contribution in [3.63, 3.8) is 0 Å². The van der Waals surface area contributed by atoms with Gasteiger partial charge in [0.25, 0.3) is 0 Å². The lowest BCUT2D eigenvalue weighted by Gasteiger charge is -2.32. The van der Waals surface area contributed by atoms with Gasteiger partial charge in [-0.1, -0.05) is 49.7 Å². The number of para-hydroxylation sites is 4. The summed E-state index contributed by atoms with van der Waals surface area (Å²) in [4.78, 5) is 21.7. The minimum absolute atomic E-state index is 0.795. The lowest BCUT2D eigenvalue weighted by molar-refractivity contribution is 0.477. The van der Waals surface area contributed by atoms with Crippen molar-refractivity contribution in [2.75, 3.05) is 16.8 Å². The second-order valence-electron chi connectivity index (χ2n) is 10.7. The molecule has 7 aromatic rings. The number of nitrogens with zero attached hydrogens (tertiary/aromatic N) is 5. The Morgan fingerprint density at radius 2 is 1.26 bits per heavy atom. The molecule has 0 saturated carbocycles. The molecule has 3 aromatic heterocycles. The summed E-state index contributed by atoms with van der Waals surface area (Å²) < 4.78 is 6.22. The third kappa shape index (κ3) is 4.28. The van der Waals surface area contributed by atoms with Crippen LogP contribution in [0.25, 0.3) is 44.0 Å². The van der Waals surface area contributed by atoms with E-state index in [2.05, 4.69) is 65.7 Å². The molecule has 43 heavy (non-hydrogen) atoms. The predicted molar refractivity (Wildman–Crippen MR) is 174 cm³/mol. The van der Waals surface area contributed by atoms with Gasteiger partial charge in [0, 0.05) is 47.2 Å². The first-order chi connectivity index (χ1) is 21.3. The molecule has 208 valence electrons. The van der Waals surface area contributed by atoms with Gasteiger partial charge in [0.05, 0.1) is 45.3 Å². The maximum absolute atomic E-state index is 6.22. The third-order valence-electron chi connectivity index (χ3n) is 7.96. The number of rotatable bonds is 6. The number of ether oxygens (including phenoxy) is 1. The van der Waals surface area contributed by atoms with Crippen LogP contribution in [0.1, 0.15) is 19.8 Å². The second kappa shape index (κ2) is 10.4. The first-order valence-corrected chi connectivity index (χ1v) is 14.6. The van der Waals surface area contributed by atoms with Gasteiger partial charge in [-0.2, -0.15) is 0 Å². The molecule has 0 fully saturated rings. The van der Waals surface area contributed by atoms with E-state index in [1.807, 2.05) is 48.8 Å². The van der Waals surface area contributed by atoms with Crippen molar-refractivity contribution >= 4 is 55.6 Å². The van der Waals surface area contributed by atoms with Crippen LogP contribution in [-0.2, 0) is 0 Å². The molecule has 1 aliphatic rings. The number of pyridine rings is 2. The van der Waals surface area contributed by atoms with Gasteiger partial charge in [0.15, 0.2) is 11.5 Å². The van der Waals surface area contributed by atoms with Crippen LogP contribution < -0.4 is 15.0 Å². The van der Waals surface area contributed by atoms with E-state index in [-0.39, 0.29) is 0 Å². The molecule has 1 N–H and O–H groups in total. The van der Waals surface area contributed by atoms with Crippen molar-refractivity contribution in [1.82, 2.24) is 19.9 Å². The zero-order valence-corrected chi connectivity index (χ0v) is 23.7. The molecule has 0 aliphatic carbocycles. The smallest absolute Gasteiger partial charge is 0.151 e. The normalized spacial score (nSPS) is 12.3. The van der Waals surface area contributed by atoms with E-state index in [1.165, 1.54) is 6.42 Å². The monoisotopic (exact) mass is 560 g/mol. The van der Waals surface area contributed by atoms with E-state index < -0.39 is 0 Å². The Hall–Kier alpha value is -5.56. The Bertz CT molecular complexity index is 2080. The molecule has 0 radical (unpaired) electrons. The first-order valence-electron chi connectivity index (χ1n) is 14.6. The summed E-state index contributed by atoms with van der Waals surface area (Å²) in [7, 11) is 0. The van der Waals surface area contributed by atoms with Gasteiger partial charge in [0.1, 0.15) is 0 Å². The topological polar surface area (TPSA) is 76.1 Å². The lowest BCUT2D eigenvalue weighted by atomic mass is 10.0. The van der Waals surface area contributed by atoms with Crippen molar-refractivity contribution in [3.05, 3.63) is 110 Å². The molecule has 0 unspecified atom stereocenters. The number of nitrogens with one attached hydrogen (secondary N) is 1. The molecule has 7 nitrogen and oxygen atoms in total. The molecule has 4 aromatic carbocycles. The predicted octanol–water partition coefficient (Wildman–Crippen LogP) is 9.18. The van der Waals surface area contributed by atoms with Crippen LogP contribution in [0.3, 0.4) is 0 Å². The Morgan fingerprint density at radius 1 is 0.651 bits per heavy atom. The summed E-state index contributed by atoms with van der Waals surface area (Å²) in [5, 5.41) is 5.32. The van der Waals surface area contributed by atoms with Crippen LogP contribution in [0.15, 0.2) is 110 Å². The minimum atomic E-state index is 0.795. The Balaban J connectivity index is 1.27. The zero-order chi connectivity index (χ0) is 28.8. The van der Waals surface area contributed by atoms with Gasteiger partial charge in [-0.15, -0.1) is 0 Å². The molecule has 0 atom stereocenters. The minimum Gasteiger partial charge on any atom is -0.453 e. The van der Waals surface area contributed by atoms with Gasteiger partial charge in [-0.25, -0.2) is 0 Å². The van der Waals surface area contributed by atoms with Gasteiger partial charge in [-0.05, 0) is 60.5 Å². The van der Waals surface area contributed by atoms with Crippen LogP contribution in [0.4, 0.5) is 22.7 Å². The van der Waals surface area contributed by atoms with Crippen LogP contribution in [0, 0.1) is 0 Å². The quantitative estimate of drug-likeness (QED) is 0.160. The van der Waals surface area contributed by atoms with Crippen LogP contribution in [0.2, 0.25) is 0 Å². The van der Waals surface area contributed by atoms with E-state index >= 15 is 0 Å². The highest BCUT2D eigenvalue weighted by atomic mass is 16.5. The molecule has 7 heteroatoms. The van der Waals surface area contributed by atoms with Crippen LogP contribution in [0.5, 0.6) is 11.5 Å². The van der Waals surface area contributed by atoms with Gasteiger partial charge >= 0.3 is 0 Å². The van der Waals surface area contributed by atoms with Crippen LogP contribution in [-0.4, -0.2) is 26.5 Å². The van der Waals surface area contributed by atoms with Gasteiger partial charge in [-0.3, -0.25) is 19.9 Å². The molecule has 8 rings (SSSR count). The number of fused-ring (bicyclic) bond motifs is 8. The van der Waals surface area contributed by atoms with Crippen molar-refractivity contribution < 1.29 is 4.74 Å². The second-order valence-corrected chi connectivity index (χ2v) is 10.7. The summed E-state index contributed by atoms with van der Waals surface area (Å²) in [6.07, 6.45) is 9.63. The molecule has 4 heterocycles. The SMILES string of the molecule is CCCCNc1ccc(-c2cnc3c(c2)c2nccnc2c2cc(N4c5ccccc5Oc5ccccc54)cnc23)cc1. The highest BCUT2D eigenvalue weighted by molar-refractivity contribution is 6.21. The fourth-order valence-electron chi connectivity index (χ4n) is 5.84. The number of anilines is 4. The first kappa shape index (κ1) is 25.2. The summed E-state index contributed by atoms with van der Waals surface area (Å²) in [6, 6.07) is 28.9. The maximum atomic E-state index is 6.22. The number of hydrogen-bond acceptors (Lipinski definition) is 7. The van der Waals surface area contributed by atoms with Crippen molar-refractivity contribution in [2.45, 2.75) is 19.8 Å². The van der Waals surface area contributed by atoms with Gasteiger partial charge in [0.2, 0.25) is 0 Å². The average Bonchev–Trinajstić information content (AvgIpc) is 3.07. The molecule has 0 amide bonds. The Morgan fingerprint density at radius 3 is 1.93 bits per heavy atom. The molecule has 0 bridgehead atoms. The van der Waals surface area contributed by atoms with E-state index in [1.54, 1.807) is 12.4 Å². The number of aromatic nitrogens is 4. The third-order valence-corrected chi connectivity index (χ3v) is 7.96. The maximum Gasteiger partial charge on any atom is 0.151 e. The zero-order valence-electron chi connectivity index (χ0n) is 23.7. The molecule has 0 saturated heterocycles. The van der Waals surface area contributed by atoms with Crippen molar-refractivity contribution in [2.24, 2.45) is 0 Å². The fraction of sp³-hybridized carbons (Fsp3) is 0.111. The number of hydrogen-bond donors (Lipinski definition) is 1. The van der Waals surface area contributed by atoms with E-state index in [4.69, 9.17) is 24.7 Å². The van der Waals surface area contributed by atoms with Crippen molar-refractivity contribution in [3.8, 4) is 22.6 Å². The van der Waals surface area contributed by atoms with Crippen LogP contribution >= 0.6 is 0 Å². The van der Waals surface area contributed by atoms with E-state index in [0.29, 0.717) is 0 Å². The largest absolute Gasteiger partial charge is 0.453 e. The summed E-state index contributed by atoms with van der Waals surface area (Å²) >= 11 is 0. The fourth-order valence-corrected chi connectivity index (χ4v) is 5.84. The Labute approximate surface area is 248 Å². The molecular weight excluding hydrogens is 532 g/mol. The van der Waals surface area contributed by atoms with Gasteiger partial charge < -0.3 is 15.0 Å². The van der Waals surface area contributed by atoms with E-state index in [0.717, 1.165) is 91.2 Å². The lowest BCUT2D eigenvalue weighted by Crippen LogP contribution is -2.15. The number of unbranched alkanes of at least 4 members (excludes halogenated alkanes) is 1. The molecule has 0 spiro atoms. The average molecular weight is 561 g/mol. The molecular formula is C36H28N6O. The summed E-state index contributed by atoms with van der Waals surface area (Å²) in [6.45, 7) is 3.18. The highest BCUT2D eigenvalue weighted by Crippen LogP contribution is 2.50. The summed E-state index contributed by atoms with van der Waals surface area (Å²) in [5.74, 6) is 1.59. The Kier molecular flexibility index (Phi) is 6.07.